The van der Waals surface area contributed by atoms with Crippen LogP contribution in [0, 0.1) is 0 Å². The lowest BCUT2D eigenvalue weighted by Gasteiger charge is -2.18. The van der Waals surface area contributed by atoms with Crippen molar-refractivity contribution in [1.82, 2.24) is 0 Å². The summed E-state index contributed by atoms with van der Waals surface area (Å²) < 4.78 is 21.3. The SMILES string of the molecule is CCOC[P+](=O)C(Cl)C(=O)OC(C)(C)C. The third-order valence-electron chi connectivity index (χ3n) is 1.28. The van der Waals surface area contributed by atoms with Gasteiger partial charge >= 0.3 is 18.9 Å². The lowest BCUT2D eigenvalue weighted by atomic mass is 10.2. The molecule has 0 N–H and O–H groups in total. The minimum Gasteiger partial charge on any atom is -0.456 e. The molecule has 0 aliphatic carbocycles. The smallest absolute Gasteiger partial charge is 0.398 e. The molecule has 4 nitrogen and oxygen atoms in total. The highest BCUT2D eigenvalue weighted by Crippen LogP contribution is 2.32. The third kappa shape index (κ3) is 6.82. The molecule has 0 fully saturated rings. The van der Waals surface area contributed by atoms with Crippen molar-refractivity contribution in [2.24, 2.45) is 0 Å². The third-order valence-corrected chi connectivity index (χ3v) is 3.26. The molecule has 2 atom stereocenters. The monoisotopic (exact) mass is 255 g/mol. The second-order valence-corrected chi connectivity index (χ2v) is 6.26. The Morgan fingerprint density at radius 1 is 1.47 bits per heavy atom. The van der Waals surface area contributed by atoms with Gasteiger partial charge in [-0.05, 0) is 27.7 Å². The van der Waals surface area contributed by atoms with E-state index in [1.807, 2.05) is 0 Å². The van der Waals surface area contributed by atoms with Crippen LogP contribution in [0.25, 0.3) is 0 Å². The van der Waals surface area contributed by atoms with Crippen LogP contribution in [0.15, 0.2) is 0 Å². The maximum Gasteiger partial charge on any atom is 0.398 e. The van der Waals surface area contributed by atoms with Crippen LogP contribution >= 0.6 is 19.4 Å². The van der Waals surface area contributed by atoms with Crippen molar-refractivity contribution in [3.8, 4) is 0 Å². The van der Waals surface area contributed by atoms with Crippen molar-refractivity contribution in [2.75, 3.05) is 13.0 Å². The minimum absolute atomic E-state index is 0.0146. The highest BCUT2D eigenvalue weighted by atomic mass is 35.5. The molecule has 0 spiro atoms. The first kappa shape index (κ1) is 14.8. The molecule has 0 amide bonds. The van der Waals surface area contributed by atoms with Crippen LogP contribution in [-0.4, -0.2) is 29.6 Å². The van der Waals surface area contributed by atoms with Gasteiger partial charge in [0, 0.05) is 6.61 Å². The highest BCUT2D eigenvalue weighted by Gasteiger charge is 2.38. The van der Waals surface area contributed by atoms with Crippen molar-refractivity contribution in [1.29, 1.82) is 0 Å². The zero-order valence-corrected chi connectivity index (χ0v) is 11.1. The largest absolute Gasteiger partial charge is 0.456 e. The molecule has 88 valence electrons. The number of hydrogen-bond acceptors (Lipinski definition) is 4. The molecule has 0 aliphatic rings. The number of rotatable bonds is 5. The number of alkyl halides is 1. The zero-order chi connectivity index (χ0) is 12.1. The van der Waals surface area contributed by atoms with Crippen LogP contribution in [-0.2, 0) is 18.8 Å². The Hall–Kier alpha value is -0.180. The van der Waals surface area contributed by atoms with E-state index in [2.05, 4.69) is 0 Å². The quantitative estimate of drug-likeness (QED) is 0.431. The van der Waals surface area contributed by atoms with Gasteiger partial charge in [-0.1, -0.05) is 16.2 Å². The molecule has 0 aromatic rings. The molecule has 6 heteroatoms. The Morgan fingerprint density at radius 2 is 2.00 bits per heavy atom. The lowest BCUT2D eigenvalue weighted by Crippen LogP contribution is -2.28. The summed E-state index contributed by atoms with van der Waals surface area (Å²) in [7, 11) is -1.92. The summed E-state index contributed by atoms with van der Waals surface area (Å²) in [5, 5.41) is -1.13. The van der Waals surface area contributed by atoms with Gasteiger partial charge in [-0.3, -0.25) is 0 Å². The van der Waals surface area contributed by atoms with Gasteiger partial charge < -0.3 is 9.47 Å². The molecular formula is C9H17ClO4P+. The Bertz CT molecular complexity index is 237. The molecule has 0 aliphatic heterocycles. The number of carbonyl (C=O) groups is 1. The van der Waals surface area contributed by atoms with E-state index in [0.29, 0.717) is 6.61 Å². The first-order chi connectivity index (χ1) is 6.78. The predicted octanol–water partition coefficient (Wildman–Crippen LogP) is 2.71. The van der Waals surface area contributed by atoms with Crippen LogP contribution in [0.1, 0.15) is 27.7 Å². The summed E-state index contributed by atoms with van der Waals surface area (Å²) in [6.07, 6.45) is -0.0146. The molecule has 0 bridgehead atoms. The van der Waals surface area contributed by atoms with Crippen LogP contribution in [0.3, 0.4) is 0 Å². The zero-order valence-electron chi connectivity index (χ0n) is 9.45. The molecule has 0 rings (SSSR count). The number of halogens is 1. The number of hydrogen-bond donors (Lipinski definition) is 0. The maximum absolute atomic E-state index is 11.4. The summed E-state index contributed by atoms with van der Waals surface area (Å²) in [5.41, 5.74) is -0.619. The van der Waals surface area contributed by atoms with Crippen molar-refractivity contribution in [2.45, 2.75) is 38.4 Å². The van der Waals surface area contributed by atoms with Crippen LogP contribution in [0.2, 0.25) is 0 Å². The summed E-state index contributed by atoms with van der Waals surface area (Å²) in [4.78, 5) is 11.4. The fourth-order valence-corrected chi connectivity index (χ4v) is 1.71. The maximum atomic E-state index is 11.4. The Kier molecular flexibility index (Phi) is 6.34. The fraction of sp³-hybridized carbons (Fsp3) is 0.889. The lowest BCUT2D eigenvalue weighted by molar-refractivity contribution is -0.152. The second-order valence-electron chi connectivity index (χ2n) is 3.91. The van der Waals surface area contributed by atoms with Crippen LogP contribution in [0.5, 0.6) is 0 Å². The van der Waals surface area contributed by atoms with E-state index in [-0.39, 0.29) is 6.35 Å². The normalized spacial score (nSPS) is 14.6. The standard InChI is InChI=1S/C9H17ClO4P/c1-5-13-6-15(12)7(10)8(11)14-9(2,3)4/h7H,5-6H2,1-4H3/q+1. The van der Waals surface area contributed by atoms with Gasteiger partial charge in [-0.15, -0.1) is 0 Å². The molecule has 2 unspecified atom stereocenters. The van der Waals surface area contributed by atoms with Crippen molar-refractivity contribution in [3.05, 3.63) is 0 Å². The average molecular weight is 256 g/mol. The van der Waals surface area contributed by atoms with Gasteiger partial charge in [-0.25, -0.2) is 4.79 Å². The summed E-state index contributed by atoms with van der Waals surface area (Å²) in [6.45, 7) is 7.40. The van der Waals surface area contributed by atoms with E-state index in [9.17, 15) is 9.36 Å². The molecular weight excluding hydrogens is 239 g/mol. The highest BCUT2D eigenvalue weighted by molar-refractivity contribution is 7.48. The molecule has 0 radical (unpaired) electrons. The number of carbonyl (C=O) groups excluding carboxylic acids is 1. The van der Waals surface area contributed by atoms with E-state index >= 15 is 0 Å². The summed E-state index contributed by atoms with van der Waals surface area (Å²) >= 11 is 5.69. The van der Waals surface area contributed by atoms with Gasteiger partial charge in [0.1, 0.15) is 5.60 Å². The Labute approximate surface area is 96.1 Å². The van der Waals surface area contributed by atoms with Gasteiger partial charge in [0.2, 0.25) is 6.35 Å². The first-order valence-electron chi connectivity index (χ1n) is 4.66. The number of ether oxygens (including phenoxy) is 2. The van der Waals surface area contributed by atoms with Crippen molar-refractivity contribution >= 4 is 25.4 Å². The summed E-state index contributed by atoms with van der Waals surface area (Å²) in [6, 6.07) is 0. The predicted molar refractivity (Wildman–Crippen MR) is 59.6 cm³/mol. The van der Waals surface area contributed by atoms with E-state index in [1.165, 1.54) is 0 Å². The van der Waals surface area contributed by atoms with Gasteiger partial charge in [-0.2, -0.15) is 0 Å². The number of esters is 1. The van der Waals surface area contributed by atoms with Gasteiger partial charge in [0.05, 0.1) is 0 Å². The first-order valence-corrected chi connectivity index (χ1v) is 6.61. The molecule has 15 heavy (non-hydrogen) atoms. The van der Waals surface area contributed by atoms with Crippen LogP contribution in [0.4, 0.5) is 0 Å². The van der Waals surface area contributed by atoms with Crippen molar-refractivity contribution < 1.29 is 18.8 Å². The van der Waals surface area contributed by atoms with E-state index in [0.717, 1.165) is 0 Å². The molecule has 0 aromatic carbocycles. The fourth-order valence-electron chi connectivity index (χ4n) is 0.715. The van der Waals surface area contributed by atoms with Gasteiger partial charge in [0.15, 0.2) is 0 Å². The Balaban J connectivity index is 4.14. The molecule has 0 heterocycles. The van der Waals surface area contributed by atoms with E-state index in [1.54, 1.807) is 27.7 Å². The molecule has 0 saturated carbocycles. The average Bonchev–Trinajstić information content (AvgIpc) is 2.10. The van der Waals surface area contributed by atoms with E-state index in [4.69, 9.17) is 21.1 Å². The summed E-state index contributed by atoms with van der Waals surface area (Å²) in [5.74, 6) is -0.662. The topological polar surface area (TPSA) is 52.6 Å². The second kappa shape index (κ2) is 6.41. The Morgan fingerprint density at radius 3 is 2.40 bits per heavy atom. The molecule has 0 saturated heterocycles. The van der Waals surface area contributed by atoms with Gasteiger partial charge in [0.25, 0.3) is 0 Å². The van der Waals surface area contributed by atoms with Crippen LogP contribution < -0.4 is 0 Å². The molecule has 0 aromatic heterocycles. The van der Waals surface area contributed by atoms with E-state index < -0.39 is 24.5 Å². The van der Waals surface area contributed by atoms with Crippen molar-refractivity contribution in [3.63, 3.8) is 0 Å². The minimum atomic E-state index is -1.92.